The molecule has 4 N–H and O–H groups in total. The van der Waals surface area contributed by atoms with Crippen LogP contribution in [0.2, 0.25) is 5.02 Å². The maximum absolute atomic E-state index is 13.7. The maximum atomic E-state index is 13.7. The van der Waals surface area contributed by atoms with Crippen molar-refractivity contribution in [1.29, 1.82) is 0 Å². The molecule has 0 spiro atoms. The third-order valence-electron chi connectivity index (χ3n) is 5.16. The second kappa shape index (κ2) is 8.97. The highest BCUT2D eigenvalue weighted by Gasteiger charge is 2.37. The van der Waals surface area contributed by atoms with E-state index in [-0.39, 0.29) is 17.0 Å². The molecule has 2 aromatic carbocycles. The first-order chi connectivity index (χ1) is 14.6. The number of piperidine rings is 1. The van der Waals surface area contributed by atoms with Crippen molar-refractivity contribution in [3.05, 3.63) is 69.7 Å². The number of nitrogens with zero attached hydrogens (tertiary/aromatic N) is 2. The summed E-state index contributed by atoms with van der Waals surface area (Å²) in [5, 5.41) is 0.329. The van der Waals surface area contributed by atoms with E-state index in [1.54, 1.807) is 29.2 Å². The molecule has 0 bridgehead atoms. The lowest BCUT2D eigenvalue weighted by Crippen LogP contribution is -2.38. The maximum Gasteiger partial charge on any atom is 0.416 e. The average molecular weight is 453 g/mol. The molecule has 0 aromatic heterocycles. The van der Waals surface area contributed by atoms with Gasteiger partial charge in [0.2, 0.25) is 0 Å². The first-order valence-corrected chi connectivity index (χ1v) is 9.84. The minimum atomic E-state index is -4.66. The van der Waals surface area contributed by atoms with E-state index in [9.17, 15) is 22.8 Å². The van der Waals surface area contributed by atoms with Crippen LogP contribution in [0.3, 0.4) is 0 Å². The molecule has 10 heteroatoms. The van der Waals surface area contributed by atoms with E-state index in [1.165, 1.54) is 12.1 Å². The van der Waals surface area contributed by atoms with Gasteiger partial charge in [0.25, 0.3) is 11.8 Å². The highest BCUT2D eigenvalue weighted by atomic mass is 35.5. The van der Waals surface area contributed by atoms with Crippen LogP contribution in [-0.2, 0) is 6.18 Å². The van der Waals surface area contributed by atoms with Crippen molar-refractivity contribution < 1.29 is 22.8 Å². The number of amides is 2. The summed E-state index contributed by atoms with van der Waals surface area (Å²) in [6, 6.07) is 9.98. The molecule has 0 atom stereocenters. The smallest absolute Gasteiger partial charge is 0.370 e. The Labute approximate surface area is 181 Å². The summed E-state index contributed by atoms with van der Waals surface area (Å²) in [6.45, 7) is 0.585. The first kappa shape index (κ1) is 22.6. The second-order valence-corrected chi connectivity index (χ2v) is 7.60. The molecule has 1 aliphatic rings. The summed E-state index contributed by atoms with van der Waals surface area (Å²) in [4.78, 5) is 29.5. The molecule has 0 unspecified atom stereocenters. The zero-order valence-electron chi connectivity index (χ0n) is 16.3. The molecule has 0 aliphatic carbocycles. The Balaban J connectivity index is 1.81. The summed E-state index contributed by atoms with van der Waals surface area (Å²) >= 11 is 6.08. The highest BCUT2D eigenvalue weighted by molar-refractivity contribution is 6.33. The molecule has 1 fully saturated rings. The normalized spacial score (nSPS) is 14.9. The van der Waals surface area contributed by atoms with E-state index in [0.29, 0.717) is 36.5 Å². The van der Waals surface area contributed by atoms with Crippen LogP contribution >= 0.6 is 11.6 Å². The van der Waals surface area contributed by atoms with Gasteiger partial charge in [0.1, 0.15) is 0 Å². The quantitative estimate of drug-likeness (QED) is 0.546. The van der Waals surface area contributed by atoms with Crippen LogP contribution in [-0.4, -0.2) is 35.8 Å². The zero-order chi connectivity index (χ0) is 22.8. The molecule has 0 radical (unpaired) electrons. The highest BCUT2D eigenvalue weighted by Crippen LogP contribution is 2.39. The predicted molar refractivity (Wildman–Crippen MR) is 111 cm³/mol. The second-order valence-electron chi connectivity index (χ2n) is 7.19. The number of hydrogen-bond acceptors (Lipinski definition) is 2. The molecule has 6 nitrogen and oxygen atoms in total. The minimum absolute atomic E-state index is 0.0820. The lowest BCUT2D eigenvalue weighted by atomic mass is 9.85. The average Bonchev–Trinajstić information content (AvgIpc) is 2.72. The number of hydrogen-bond donors (Lipinski definition) is 2. The number of benzene rings is 2. The Morgan fingerprint density at radius 2 is 1.71 bits per heavy atom. The van der Waals surface area contributed by atoms with Crippen LogP contribution in [0.25, 0.3) is 0 Å². The van der Waals surface area contributed by atoms with E-state index in [1.807, 2.05) is 0 Å². The van der Waals surface area contributed by atoms with Crippen LogP contribution in [0.1, 0.15) is 50.6 Å². The number of likely N-dealkylation sites (tertiary alicyclic amines) is 1. The van der Waals surface area contributed by atoms with E-state index >= 15 is 0 Å². The van der Waals surface area contributed by atoms with Crippen molar-refractivity contribution in [3.8, 4) is 0 Å². The molecule has 1 saturated heterocycles. The first-order valence-electron chi connectivity index (χ1n) is 9.47. The summed E-state index contributed by atoms with van der Waals surface area (Å²) in [5.41, 5.74) is 9.56. The Kier molecular flexibility index (Phi) is 6.54. The summed E-state index contributed by atoms with van der Waals surface area (Å²) < 4.78 is 41.1. The van der Waals surface area contributed by atoms with Gasteiger partial charge in [-0.25, -0.2) is 0 Å². The molecule has 2 amide bonds. The van der Waals surface area contributed by atoms with E-state index in [2.05, 4.69) is 4.99 Å². The fourth-order valence-corrected chi connectivity index (χ4v) is 3.89. The molecule has 1 aliphatic heterocycles. The van der Waals surface area contributed by atoms with Crippen LogP contribution in [0.15, 0.2) is 47.5 Å². The summed E-state index contributed by atoms with van der Waals surface area (Å²) in [5.74, 6) is -2.15. The van der Waals surface area contributed by atoms with E-state index < -0.39 is 29.5 Å². The van der Waals surface area contributed by atoms with Crippen LogP contribution in [0.4, 0.5) is 13.2 Å². The van der Waals surface area contributed by atoms with Gasteiger partial charge in [-0.2, -0.15) is 18.2 Å². The number of carbonyl (C=O) groups excluding carboxylic acids is 2. The van der Waals surface area contributed by atoms with E-state index in [4.69, 9.17) is 23.1 Å². The van der Waals surface area contributed by atoms with Gasteiger partial charge >= 0.3 is 6.18 Å². The molecular weight excluding hydrogens is 433 g/mol. The monoisotopic (exact) mass is 452 g/mol. The Bertz CT molecular complexity index is 1030. The van der Waals surface area contributed by atoms with Crippen LogP contribution in [0.5, 0.6) is 0 Å². The van der Waals surface area contributed by atoms with Crippen molar-refractivity contribution in [2.45, 2.75) is 24.9 Å². The third kappa shape index (κ3) is 5.16. The van der Waals surface area contributed by atoms with Crippen molar-refractivity contribution >= 4 is 29.4 Å². The van der Waals surface area contributed by atoms with Gasteiger partial charge in [-0.3, -0.25) is 9.59 Å². The van der Waals surface area contributed by atoms with Gasteiger partial charge in [0.15, 0.2) is 5.96 Å². The van der Waals surface area contributed by atoms with Gasteiger partial charge in [0.05, 0.1) is 16.1 Å². The topological polar surface area (TPSA) is 102 Å². The van der Waals surface area contributed by atoms with Crippen molar-refractivity contribution in [2.75, 3.05) is 13.1 Å². The Morgan fingerprint density at radius 1 is 1.06 bits per heavy atom. The zero-order valence-corrected chi connectivity index (χ0v) is 17.1. The number of alkyl halides is 3. The number of rotatable bonds is 3. The molecule has 164 valence electrons. The van der Waals surface area contributed by atoms with Gasteiger partial charge in [0, 0.05) is 18.7 Å². The number of carbonyl (C=O) groups is 2. The molecular formula is C21H20ClF3N4O2. The molecule has 1 heterocycles. The van der Waals surface area contributed by atoms with Gasteiger partial charge in [-0.1, -0.05) is 29.8 Å². The fraction of sp³-hybridized carbons (Fsp3) is 0.286. The molecule has 0 saturated carbocycles. The number of aliphatic imine (C=N–C) groups is 1. The van der Waals surface area contributed by atoms with Gasteiger partial charge in [-0.05, 0) is 48.6 Å². The van der Waals surface area contributed by atoms with E-state index in [0.717, 1.165) is 6.07 Å². The number of nitrogens with two attached hydrogens (primary N) is 2. The third-order valence-corrected chi connectivity index (χ3v) is 5.49. The fourth-order valence-electron chi connectivity index (χ4n) is 3.67. The molecule has 31 heavy (non-hydrogen) atoms. The lowest BCUT2D eigenvalue weighted by molar-refractivity contribution is -0.138. The largest absolute Gasteiger partial charge is 0.416 e. The SMILES string of the molecule is NC(N)=NC(=O)c1ccc(C2CCN(C(=O)c3ccccc3Cl)CC2)c(C(F)(F)F)c1. The number of guanidine groups is 1. The summed E-state index contributed by atoms with van der Waals surface area (Å²) in [6.07, 6.45) is -3.96. The standard InChI is InChI=1S/C21H20ClF3N4O2/c22-17-4-2-1-3-15(17)19(31)29-9-7-12(8-10-29)14-6-5-13(18(30)28-20(26)27)11-16(14)21(23,24)25/h1-6,11-12H,7-10H2,(H4,26,27,28,30). The number of halogens is 4. The lowest BCUT2D eigenvalue weighted by Gasteiger charge is -2.33. The van der Waals surface area contributed by atoms with Gasteiger partial charge < -0.3 is 16.4 Å². The predicted octanol–water partition coefficient (Wildman–Crippen LogP) is 3.79. The molecule has 2 aromatic rings. The van der Waals surface area contributed by atoms with Crippen LogP contribution in [0, 0.1) is 0 Å². The van der Waals surface area contributed by atoms with Crippen LogP contribution < -0.4 is 11.5 Å². The van der Waals surface area contributed by atoms with Gasteiger partial charge in [-0.15, -0.1) is 0 Å². The summed E-state index contributed by atoms with van der Waals surface area (Å²) in [7, 11) is 0. The van der Waals surface area contributed by atoms with Crippen molar-refractivity contribution in [3.63, 3.8) is 0 Å². The minimum Gasteiger partial charge on any atom is -0.370 e. The Hall–Kier alpha value is -3.07. The molecule has 3 rings (SSSR count). The van der Waals surface area contributed by atoms with Crippen molar-refractivity contribution in [1.82, 2.24) is 4.90 Å². The Morgan fingerprint density at radius 3 is 2.29 bits per heavy atom. The van der Waals surface area contributed by atoms with Crippen molar-refractivity contribution in [2.24, 2.45) is 16.5 Å².